The molecule has 1 aromatic carbocycles. The highest BCUT2D eigenvalue weighted by molar-refractivity contribution is 9.10. The number of nitrogens with zero attached hydrogens (tertiary/aromatic N) is 1. The maximum absolute atomic E-state index is 14.6. The van der Waals surface area contributed by atoms with Crippen LogP contribution in [0.5, 0.6) is 0 Å². The molecule has 28 heavy (non-hydrogen) atoms. The molecule has 2 atom stereocenters. The van der Waals surface area contributed by atoms with E-state index in [4.69, 9.17) is 5.26 Å². The maximum atomic E-state index is 14.6. The lowest BCUT2D eigenvalue weighted by Gasteiger charge is -2.38. The Balaban J connectivity index is 3.78. The molecule has 11 heteroatoms. The summed E-state index contributed by atoms with van der Waals surface area (Å²) < 4.78 is 80.9. The van der Waals surface area contributed by atoms with Gasteiger partial charge in [0.2, 0.25) is 0 Å². The van der Waals surface area contributed by atoms with E-state index in [0.29, 0.717) is 0 Å². The Morgan fingerprint density at radius 1 is 1.29 bits per heavy atom. The fourth-order valence-electron chi connectivity index (χ4n) is 2.09. The summed E-state index contributed by atoms with van der Waals surface area (Å²) in [6, 6.07) is 4.75. The third-order valence-corrected chi connectivity index (χ3v) is 8.71. The molecule has 0 aliphatic rings. The number of nitriles is 1. The molecule has 0 saturated heterocycles. The molecule has 0 fully saturated rings. The van der Waals surface area contributed by atoms with E-state index in [-0.39, 0.29) is 4.47 Å². The van der Waals surface area contributed by atoms with Crippen molar-refractivity contribution >= 4 is 37.1 Å². The second kappa shape index (κ2) is 8.52. The van der Waals surface area contributed by atoms with E-state index in [1.54, 1.807) is 6.07 Å². The Bertz CT molecular complexity index is 867. The van der Waals surface area contributed by atoms with Crippen molar-refractivity contribution in [1.82, 2.24) is 4.72 Å². The molecule has 0 spiro atoms. The van der Waals surface area contributed by atoms with Gasteiger partial charge < -0.3 is 4.55 Å². The van der Waals surface area contributed by atoms with Gasteiger partial charge in [-0.15, -0.1) is 4.72 Å². The van der Waals surface area contributed by atoms with Gasteiger partial charge in [0.1, 0.15) is 10.6 Å². The Morgan fingerprint density at radius 2 is 1.82 bits per heavy atom. The second-order valence-electron chi connectivity index (χ2n) is 7.76. The first-order chi connectivity index (χ1) is 12.5. The van der Waals surface area contributed by atoms with Gasteiger partial charge in [-0.3, -0.25) is 0 Å². The minimum Gasteiger partial charge on any atom is -0.598 e. The predicted octanol–water partition coefficient (Wildman–Crippen LogP) is 3.82. The molecule has 0 aliphatic carbocycles. The number of rotatable bonds is 7. The Hall–Kier alpha value is -0.800. The molecule has 0 amide bonds. The van der Waals surface area contributed by atoms with E-state index in [1.807, 2.05) is 0 Å². The maximum Gasteiger partial charge on any atom is 0.266 e. The van der Waals surface area contributed by atoms with Crippen molar-refractivity contribution in [2.45, 2.75) is 56.1 Å². The van der Waals surface area contributed by atoms with Gasteiger partial charge in [-0.2, -0.15) is 5.26 Å². The zero-order valence-electron chi connectivity index (χ0n) is 16.0. The van der Waals surface area contributed by atoms with Gasteiger partial charge >= 0.3 is 0 Å². The number of halogens is 4. The minimum atomic E-state index is -4.50. The van der Waals surface area contributed by atoms with E-state index < -0.39 is 59.8 Å². The summed E-state index contributed by atoms with van der Waals surface area (Å²) in [6.45, 7) is 6.62. The first kappa shape index (κ1) is 25.2. The van der Waals surface area contributed by atoms with Gasteiger partial charge in [0.25, 0.3) is 6.43 Å². The van der Waals surface area contributed by atoms with Crippen molar-refractivity contribution < 1.29 is 26.1 Å². The largest absolute Gasteiger partial charge is 0.598 e. The van der Waals surface area contributed by atoms with E-state index in [2.05, 4.69) is 20.7 Å². The normalized spacial score (nSPS) is 16.5. The summed E-state index contributed by atoms with van der Waals surface area (Å²) in [6.07, 6.45) is -3.45. The summed E-state index contributed by atoms with van der Waals surface area (Å²) >= 11 is 0.894. The number of hydrogen-bond donors (Lipinski definition) is 1. The predicted molar refractivity (Wildman–Crippen MR) is 106 cm³/mol. The van der Waals surface area contributed by atoms with Crippen LogP contribution < -0.4 is 4.72 Å². The van der Waals surface area contributed by atoms with Crippen molar-refractivity contribution in [3.05, 3.63) is 34.1 Å². The van der Waals surface area contributed by atoms with Crippen molar-refractivity contribution in [1.29, 1.82) is 5.26 Å². The van der Waals surface area contributed by atoms with E-state index in [1.165, 1.54) is 26.8 Å². The SMILES string of the molecule is CC(C)(C)[S@+]([O-])N[C@](CS(=O)(=O)C(C)(C)C#N)(c1cc(Br)ccc1F)C(F)F. The molecule has 0 aromatic heterocycles. The number of alkyl halides is 2. The molecule has 5 nitrogen and oxygen atoms in total. The Morgan fingerprint density at radius 3 is 2.25 bits per heavy atom. The van der Waals surface area contributed by atoms with Crippen LogP contribution in [0.4, 0.5) is 13.2 Å². The van der Waals surface area contributed by atoms with Crippen LogP contribution in [0.3, 0.4) is 0 Å². The molecule has 0 unspecified atom stereocenters. The van der Waals surface area contributed by atoms with Gasteiger partial charge in [0.05, 0.1) is 11.8 Å². The van der Waals surface area contributed by atoms with Gasteiger partial charge in [-0.1, -0.05) is 15.9 Å². The van der Waals surface area contributed by atoms with Gasteiger partial charge in [0, 0.05) is 21.4 Å². The Labute approximate surface area is 175 Å². The average molecular weight is 503 g/mol. The van der Waals surface area contributed by atoms with Crippen LogP contribution in [-0.4, -0.2) is 34.6 Å². The van der Waals surface area contributed by atoms with E-state index in [9.17, 15) is 26.1 Å². The third kappa shape index (κ3) is 5.21. The first-order valence-electron chi connectivity index (χ1n) is 8.07. The highest BCUT2D eigenvalue weighted by Gasteiger charge is 2.54. The van der Waals surface area contributed by atoms with Crippen LogP contribution in [0.15, 0.2) is 22.7 Å². The Kier molecular flexibility index (Phi) is 7.68. The molecule has 0 aliphatic heterocycles. The van der Waals surface area contributed by atoms with Crippen molar-refractivity contribution in [3.63, 3.8) is 0 Å². The molecule has 1 rings (SSSR count). The van der Waals surface area contributed by atoms with E-state index in [0.717, 1.165) is 26.0 Å². The molecule has 0 bridgehead atoms. The van der Waals surface area contributed by atoms with Crippen molar-refractivity contribution in [2.75, 3.05) is 5.75 Å². The molecular formula is C17H22BrF3N2O3S2. The standard InChI is InChI=1S/C17H22BrF3N2O3S2/c1-15(2,3)27(24)23-17(14(20)21,10-28(25,26)16(4,5)9-22)12-8-11(18)6-7-13(12)19/h6-8,14,23H,10H2,1-5H3/t17-,27+/m1/s1. The summed E-state index contributed by atoms with van der Waals surface area (Å²) in [4.78, 5) is 0. The van der Waals surface area contributed by atoms with Gasteiger partial charge in [0.15, 0.2) is 20.1 Å². The molecule has 158 valence electrons. The topological polar surface area (TPSA) is 93.0 Å². The number of sulfone groups is 1. The van der Waals surface area contributed by atoms with Crippen LogP contribution in [0.25, 0.3) is 0 Å². The highest BCUT2D eigenvalue weighted by atomic mass is 79.9. The summed E-state index contributed by atoms with van der Waals surface area (Å²) in [7, 11) is -4.50. The monoisotopic (exact) mass is 502 g/mol. The van der Waals surface area contributed by atoms with Gasteiger partial charge in [-0.25, -0.2) is 21.6 Å². The number of nitrogens with one attached hydrogen (secondary N) is 1. The first-order valence-corrected chi connectivity index (χ1v) is 11.7. The summed E-state index contributed by atoms with van der Waals surface area (Å²) in [5.41, 5.74) is -3.49. The van der Waals surface area contributed by atoms with Gasteiger partial charge in [-0.05, 0) is 52.8 Å². The quantitative estimate of drug-likeness (QED) is 0.572. The highest BCUT2D eigenvalue weighted by Crippen LogP contribution is 2.38. The molecule has 0 radical (unpaired) electrons. The van der Waals surface area contributed by atoms with Crippen LogP contribution in [0.1, 0.15) is 40.2 Å². The minimum absolute atomic E-state index is 0.231. The van der Waals surface area contributed by atoms with Crippen LogP contribution in [0.2, 0.25) is 0 Å². The zero-order valence-corrected chi connectivity index (χ0v) is 19.2. The molecule has 1 aromatic rings. The molecule has 0 saturated carbocycles. The number of benzene rings is 1. The van der Waals surface area contributed by atoms with Crippen molar-refractivity contribution in [2.24, 2.45) is 0 Å². The lowest BCUT2D eigenvalue weighted by Crippen LogP contribution is -2.60. The van der Waals surface area contributed by atoms with Crippen LogP contribution in [0, 0.1) is 17.1 Å². The molecule has 0 heterocycles. The van der Waals surface area contributed by atoms with Crippen LogP contribution >= 0.6 is 15.9 Å². The van der Waals surface area contributed by atoms with Crippen molar-refractivity contribution in [3.8, 4) is 6.07 Å². The summed E-state index contributed by atoms with van der Waals surface area (Å²) in [5, 5.41) is 9.17. The zero-order chi connectivity index (χ0) is 22.1. The fraction of sp³-hybridized carbons (Fsp3) is 0.588. The smallest absolute Gasteiger partial charge is 0.266 e. The number of hydrogen-bond acceptors (Lipinski definition) is 5. The second-order valence-corrected chi connectivity index (χ2v) is 13.2. The lowest BCUT2D eigenvalue weighted by atomic mass is 9.93. The van der Waals surface area contributed by atoms with Crippen LogP contribution in [-0.2, 0) is 26.7 Å². The van der Waals surface area contributed by atoms with E-state index >= 15 is 0 Å². The fourth-order valence-corrected chi connectivity index (χ4v) is 4.91. The average Bonchev–Trinajstić information content (AvgIpc) is 2.54. The third-order valence-electron chi connectivity index (χ3n) is 4.08. The molecule has 1 N–H and O–H groups in total. The lowest BCUT2D eigenvalue weighted by molar-refractivity contribution is 0.0515. The molecular weight excluding hydrogens is 481 g/mol. The summed E-state index contributed by atoms with van der Waals surface area (Å²) in [5.74, 6) is -2.42.